The molecule has 1 atom stereocenters. The van der Waals surface area contributed by atoms with Gasteiger partial charge in [0.2, 0.25) is 0 Å². The fourth-order valence-electron chi connectivity index (χ4n) is 2.14. The number of rotatable bonds is 3. The largest absolute Gasteiger partial charge is 0.443 e. The van der Waals surface area contributed by atoms with Crippen molar-refractivity contribution in [2.45, 2.75) is 20.1 Å². The van der Waals surface area contributed by atoms with Gasteiger partial charge in [0.25, 0.3) is 0 Å². The number of carbonyl (C=O) groups excluding carboxylic acids is 1. The molecule has 1 saturated heterocycles. The second-order valence-corrected chi connectivity index (χ2v) is 4.61. The van der Waals surface area contributed by atoms with E-state index in [1.165, 1.54) is 0 Å². The van der Waals surface area contributed by atoms with Crippen LogP contribution < -0.4 is 5.32 Å². The summed E-state index contributed by atoms with van der Waals surface area (Å²) < 4.78 is 5.52. The van der Waals surface area contributed by atoms with E-state index >= 15 is 0 Å². The Balaban J connectivity index is 1.96. The van der Waals surface area contributed by atoms with Crippen molar-refractivity contribution in [2.75, 3.05) is 26.2 Å². The van der Waals surface area contributed by atoms with Gasteiger partial charge in [-0.2, -0.15) is 0 Å². The molecule has 1 fully saturated rings. The van der Waals surface area contributed by atoms with Gasteiger partial charge in [0, 0.05) is 26.2 Å². The zero-order valence-electron chi connectivity index (χ0n) is 11.0. The van der Waals surface area contributed by atoms with Crippen molar-refractivity contribution in [3.8, 4) is 0 Å². The molecule has 2 rings (SSSR count). The molecule has 4 heteroatoms. The number of nitrogens with zero attached hydrogens (tertiary/aromatic N) is 1. The monoisotopic (exact) mass is 248 g/mol. The molecule has 18 heavy (non-hydrogen) atoms. The standard InChI is InChI=1S/C14H20N2O2/c1-11-5-3-4-6-13(11)14(17)18-12(2)16-9-7-15-8-10-16/h3-6,12,15H,7-10H2,1-2H3. The summed E-state index contributed by atoms with van der Waals surface area (Å²) in [6.07, 6.45) is -0.167. The van der Waals surface area contributed by atoms with Gasteiger partial charge < -0.3 is 10.1 Å². The number of carbonyl (C=O) groups is 1. The molecule has 1 aliphatic rings. The molecular weight excluding hydrogens is 228 g/mol. The van der Waals surface area contributed by atoms with Gasteiger partial charge >= 0.3 is 5.97 Å². The predicted octanol–water partition coefficient (Wildman–Crippen LogP) is 1.40. The lowest BCUT2D eigenvalue weighted by Crippen LogP contribution is -2.48. The highest BCUT2D eigenvalue weighted by atomic mass is 16.6. The van der Waals surface area contributed by atoms with E-state index in [0.29, 0.717) is 5.56 Å². The number of benzene rings is 1. The van der Waals surface area contributed by atoms with Crippen molar-refractivity contribution in [2.24, 2.45) is 0 Å². The minimum absolute atomic E-state index is 0.167. The Kier molecular flexibility index (Phi) is 4.33. The molecule has 0 saturated carbocycles. The zero-order chi connectivity index (χ0) is 13.0. The summed E-state index contributed by atoms with van der Waals surface area (Å²) in [5.41, 5.74) is 1.61. The first-order valence-corrected chi connectivity index (χ1v) is 6.40. The van der Waals surface area contributed by atoms with Gasteiger partial charge in [0.05, 0.1) is 5.56 Å². The van der Waals surface area contributed by atoms with E-state index in [0.717, 1.165) is 31.7 Å². The number of hydrogen-bond donors (Lipinski definition) is 1. The van der Waals surface area contributed by atoms with Crippen molar-refractivity contribution in [1.82, 2.24) is 10.2 Å². The van der Waals surface area contributed by atoms with Gasteiger partial charge in [-0.05, 0) is 25.5 Å². The van der Waals surface area contributed by atoms with Crippen LogP contribution in [-0.4, -0.2) is 43.3 Å². The summed E-state index contributed by atoms with van der Waals surface area (Å²) in [5.74, 6) is -0.237. The number of ether oxygens (including phenoxy) is 1. The number of esters is 1. The van der Waals surface area contributed by atoms with Crippen LogP contribution in [0.1, 0.15) is 22.8 Å². The first kappa shape index (κ1) is 13.1. The predicted molar refractivity (Wildman–Crippen MR) is 70.5 cm³/mol. The van der Waals surface area contributed by atoms with Crippen LogP contribution in [0.25, 0.3) is 0 Å². The molecule has 1 aliphatic heterocycles. The summed E-state index contributed by atoms with van der Waals surface area (Å²) >= 11 is 0. The van der Waals surface area contributed by atoms with Gasteiger partial charge in [-0.15, -0.1) is 0 Å². The van der Waals surface area contributed by atoms with E-state index in [2.05, 4.69) is 10.2 Å². The lowest BCUT2D eigenvalue weighted by atomic mass is 10.1. The van der Waals surface area contributed by atoms with E-state index < -0.39 is 0 Å². The smallest absolute Gasteiger partial charge is 0.339 e. The van der Waals surface area contributed by atoms with Crippen LogP contribution in [0, 0.1) is 6.92 Å². The highest BCUT2D eigenvalue weighted by molar-refractivity contribution is 5.91. The minimum atomic E-state index is -0.237. The summed E-state index contributed by atoms with van der Waals surface area (Å²) in [5, 5.41) is 3.28. The van der Waals surface area contributed by atoms with Crippen molar-refractivity contribution >= 4 is 5.97 Å². The van der Waals surface area contributed by atoms with E-state index in [4.69, 9.17) is 4.74 Å². The summed E-state index contributed by atoms with van der Waals surface area (Å²) in [4.78, 5) is 14.2. The number of nitrogens with one attached hydrogen (secondary N) is 1. The third-order valence-corrected chi connectivity index (χ3v) is 3.31. The van der Waals surface area contributed by atoms with Gasteiger partial charge in [-0.3, -0.25) is 4.90 Å². The molecule has 0 amide bonds. The van der Waals surface area contributed by atoms with Gasteiger partial charge in [0.1, 0.15) is 0 Å². The second-order valence-electron chi connectivity index (χ2n) is 4.61. The third-order valence-electron chi connectivity index (χ3n) is 3.31. The van der Waals surface area contributed by atoms with E-state index in [1.54, 1.807) is 0 Å². The molecule has 0 aliphatic carbocycles. The maximum absolute atomic E-state index is 12.1. The first-order chi connectivity index (χ1) is 8.68. The second kappa shape index (κ2) is 5.98. The van der Waals surface area contributed by atoms with Crippen molar-refractivity contribution in [1.29, 1.82) is 0 Å². The molecule has 0 bridgehead atoms. The van der Waals surface area contributed by atoms with Crippen LogP contribution in [0.4, 0.5) is 0 Å². The Morgan fingerprint density at radius 2 is 2.00 bits per heavy atom. The fourth-order valence-corrected chi connectivity index (χ4v) is 2.14. The van der Waals surface area contributed by atoms with Crippen LogP contribution in [0.3, 0.4) is 0 Å². The highest BCUT2D eigenvalue weighted by Gasteiger charge is 2.20. The molecule has 1 unspecified atom stereocenters. The van der Waals surface area contributed by atoms with E-state index in [-0.39, 0.29) is 12.2 Å². The number of hydrogen-bond acceptors (Lipinski definition) is 4. The van der Waals surface area contributed by atoms with Crippen LogP contribution in [0.2, 0.25) is 0 Å². The Morgan fingerprint density at radius 3 is 2.67 bits per heavy atom. The third kappa shape index (κ3) is 3.09. The number of piperazine rings is 1. The minimum Gasteiger partial charge on any atom is -0.443 e. The van der Waals surface area contributed by atoms with Crippen LogP contribution >= 0.6 is 0 Å². The highest BCUT2D eigenvalue weighted by Crippen LogP contribution is 2.11. The van der Waals surface area contributed by atoms with Crippen LogP contribution in [-0.2, 0) is 4.74 Å². The molecule has 1 N–H and O–H groups in total. The van der Waals surface area contributed by atoms with E-state index in [9.17, 15) is 4.79 Å². The molecular formula is C14H20N2O2. The van der Waals surface area contributed by atoms with Gasteiger partial charge in [-0.1, -0.05) is 18.2 Å². The summed E-state index contributed by atoms with van der Waals surface area (Å²) in [7, 11) is 0. The Labute approximate surface area is 108 Å². The first-order valence-electron chi connectivity index (χ1n) is 6.40. The molecule has 0 radical (unpaired) electrons. The average molecular weight is 248 g/mol. The maximum Gasteiger partial charge on any atom is 0.339 e. The van der Waals surface area contributed by atoms with Crippen molar-refractivity contribution < 1.29 is 9.53 Å². The molecule has 0 spiro atoms. The SMILES string of the molecule is Cc1ccccc1C(=O)OC(C)N1CCNCC1. The molecule has 1 aromatic carbocycles. The molecule has 1 heterocycles. The molecule has 98 valence electrons. The van der Waals surface area contributed by atoms with Crippen LogP contribution in [0.5, 0.6) is 0 Å². The van der Waals surface area contributed by atoms with Gasteiger partial charge in [-0.25, -0.2) is 4.79 Å². The summed E-state index contributed by atoms with van der Waals surface area (Å²) in [6, 6.07) is 7.51. The summed E-state index contributed by atoms with van der Waals surface area (Å²) in [6.45, 7) is 7.59. The van der Waals surface area contributed by atoms with Crippen molar-refractivity contribution in [3.05, 3.63) is 35.4 Å². The van der Waals surface area contributed by atoms with Crippen LogP contribution in [0.15, 0.2) is 24.3 Å². The lowest BCUT2D eigenvalue weighted by Gasteiger charge is -2.32. The lowest BCUT2D eigenvalue weighted by molar-refractivity contribution is -0.0274. The average Bonchev–Trinajstić information content (AvgIpc) is 2.40. The normalized spacial score (nSPS) is 18.3. The molecule has 0 aromatic heterocycles. The van der Waals surface area contributed by atoms with Gasteiger partial charge in [0.15, 0.2) is 6.23 Å². The van der Waals surface area contributed by atoms with Crippen molar-refractivity contribution in [3.63, 3.8) is 0 Å². The molecule has 4 nitrogen and oxygen atoms in total. The Hall–Kier alpha value is -1.39. The quantitative estimate of drug-likeness (QED) is 0.821. The molecule has 1 aromatic rings. The fraction of sp³-hybridized carbons (Fsp3) is 0.500. The number of aryl methyl sites for hydroxylation is 1. The topological polar surface area (TPSA) is 41.6 Å². The zero-order valence-corrected chi connectivity index (χ0v) is 11.0. The Bertz CT molecular complexity index is 414. The van der Waals surface area contributed by atoms with E-state index in [1.807, 2.05) is 38.1 Å². The Morgan fingerprint density at radius 1 is 1.33 bits per heavy atom. The maximum atomic E-state index is 12.1.